The van der Waals surface area contributed by atoms with Crippen molar-refractivity contribution in [3.8, 4) is 11.3 Å². The van der Waals surface area contributed by atoms with Crippen molar-refractivity contribution < 1.29 is 14.0 Å². The third kappa shape index (κ3) is 4.21. The van der Waals surface area contributed by atoms with Gasteiger partial charge in [-0.1, -0.05) is 11.6 Å². The Balaban J connectivity index is 1.73. The molecule has 6 nitrogen and oxygen atoms in total. The van der Waals surface area contributed by atoms with Crippen LogP contribution in [0.5, 0.6) is 0 Å². The molecule has 0 aliphatic carbocycles. The molecule has 132 valence electrons. The summed E-state index contributed by atoms with van der Waals surface area (Å²) in [5.41, 5.74) is 0.939. The number of piperazine rings is 1. The van der Waals surface area contributed by atoms with Gasteiger partial charge >= 0.3 is 0 Å². The fraction of sp³-hybridized carbons (Fsp3) is 0.333. The number of nitrogens with zero attached hydrogens (tertiary/aromatic N) is 1. The first-order valence-corrected chi connectivity index (χ1v) is 8.51. The van der Waals surface area contributed by atoms with E-state index in [4.69, 9.17) is 16.0 Å². The van der Waals surface area contributed by atoms with Crippen LogP contribution in [0.25, 0.3) is 11.3 Å². The van der Waals surface area contributed by atoms with Crippen molar-refractivity contribution in [3.63, 3.8) is 0 Å². The van der Waals surface area contributed by atoms with E-state index in [2.05, 4.69) is 10.6 Å². The molecule has 7 heteroatoms. The highest BCUT2D eigenvalue weighted by Crippen LogP contribution is 2.25. The quantitative estimate of drug-likeness (QED) is 0.854. The van der Waals surface area contributed by atoms with E-state index in [1.165, 1.54) is 0 Å². The number of hydrogen-bond donors (Lipinski definition) is 2. The van der Waals surface area contributed by atoms with E-state index in [9.17, 15) is 9.59 Å². The molecule has 1 aliphatic heterocycles. The lowest BCUT2D eigenvalue weighted by molar-refractivity contribution is -0.134. The monoisotopic (exact) mass is 361 g/mol. The first kappa shape index (κ1) is 17.5. The molecule has 0 saturated carbocycles. The minimum Gasteiger partial charge on any atom is -0.460 e. The number of hydrogen-bond acceptors (Lipinski definition) is 4. The maximum atomic E-state index is 12.1. The highest BCUT2D eigenvalue weighted by atomic mass is 35.5. The number of carbonyl (C=O) groups is 2. The second-order valence-electron chi connectivity index (χ2n) is 5.93. The summed E-state index contributed by atoms with van der Waals surface area (Å²) in [6, 6.07) is 10.7. The Morgan fingerprint density at radius 3 is 2.80 bits per heavy atom. The Hall–Kier alpha value is -2.31. The summed E-state index contributed by atoms with van der Waals surface area (Å²) in [5.74, 6) is 1.21. The second-order valence-corrected chi connectivity index (χ2v) is 6.36. The van der Waals surface area contributed by atoms with Gasteiger partial charge in [0.15, 0.2) is 0 Å². The van der Waals surface area contributed by atoms with Crippen LogP contribution in [0.4, 0.5) is 0 Å². The molecular weight excluding hydrogens is 342 g/mol. The number of rotatable bonds is 5. The van der Waals surface area contributed by atoms with Crippen LogP contribution in [0.15, 0.2) is 40.8 Å². The van der Waals surface area contributed by atoms with E-state index >= 15 is 0 Å². The van der Waals surface area contributed by atoms with Crippen molar-refractivity contribution in [2.24, 2.45) is 0 Å². The van der Waals surface area contributed by atoms with Crippen LogP contribution in [-0.4, -0.2) is 42.9 Å². The van der Waals surface area contributed by atoms with Crippen LogP contribution in [0, 0.1) is 0 Å². The smallest absolute Gasteiger partial charge is 0.237 e. The zero-order valence-corrected chi connectivity index (χ0v) is 14.7. The Kier molecular flexibility index (Phi) is 5.40. The van der Waals surface area contributed by atoms with Crippen LogP contribution < -0.4 is 10.6 Å². The summed E-state index contributed by atoms with van der Waals surface area (Å²) in [5, 5.41) is 6.05. The Morgan fingerprint density at radius 1 is 1.32 bits per heavy atom. The first-order valence-electron chi connectivity index (χ1n) is 8.14. The van der Waals surface area contributed by atoms with Gasteiger partial charge in [-0.15, -0.1) is 0 Å². The molecular formula is C18H20ClN3O3. The Bertz CT molecular complexity index is 757. The van der Waals surface area contributed by atoms with E-state index in [0.717, 1.165) is 17.1 Å². The molecule has 2 aromatic rings. The van der Waals surface area contributed by atoms with Crippen molar-refractivity contribution in [1.29, 1.82) is 0 Å². The Morgan fingerprint density at radius 2 is 2.08 bits per heavy atom. The molecule has 2 amide bonds. The zero-order chi connectivity index (χ0) is 17.8. The first-order chi connectivity index (χ1) is 12.1. The van der Waals surface area contributed by atoms with Gasteiger partial charge in [0.25, 0.3) is 0 Å². The molecule has 1 aromatic carbocycles. The summed E-state index contributed by atoms with van der Waals surface area (Å²) in [4.78, 5) is 25.8. The third-order valence-corrected chi connectivity index (χ3v) is 4.50. The summed E-state index contributed by atoms with van der Waals surface area (Å²) in [7, 11) is 1.57. The van der Waals surface area contributed by atoms with Gasteiger partial charge in [-0.3, -0.25) is 14.5 Å². The van der Waals surface area contributed by atoms with Gasteiger partial charge < -0.3 is 15.1 Å². The van der Waals surface area contributed by atoms with Crippen molar-refractivity contribution >= 4 is 23.4 Å². The van der Waals surface area contributed by atoms with Crippen molar-refractivity contribution in [3.05, 3.63) is 47.2 Å². The maximum Gasteiger partial charge on any atom is 0.237 e. The summed E-state index contributed by atoms with van der Waals surface area (Å²) in [6.45, 7) is 1.71. The fourth-order valence-corrected chi connectivity index (χ4v) is 3.01. The van der Waals surface area contributed by atoms with Crippen LogP contribution in [-0.2, 0) is 16.1 Å². The Labute approximate surface area is 151 Å². The van der Waals surface area contributed by atoms with E-state index in [0.29, 0.717) is 24.7 Å². The molecule has 1 atom stereocenters. The van der Waals surface area contributed by atoms with Crippen molar-refractivity contribution in [2.75, 3.05) is 20.1 Å². The largest absolute Gasteiger partial charge is 0.460 e. The topological polar surface area (TPSA) is 74.6 Å². The summed E-state index contributed by atoms with van der Waals surface area (Å²) < 4.78 is 5.91. The molecule has 2 heterocycles. The van der Waals surface area contributed by atoms with Gasteiger partial charge in [0, 0.05) is 30.7 Å². The van der Waals surface area contributed by atoms with E-state index in [1.807, 2.05) is 41.3 Å². The molecule has 0 bridgehead atoms. The van der Waals surface area contributed by atoms with E-state index < -0.39 is 6.04 Å². The van der Waals surface area contributed by atoms with E-state index in [1.54, 1.807) is 7.05 Å². The van der Waals surface area contributed by atoms with Crippen LogP contribution in [0.1, 0.15) is 12.2 Å². The fourth-order valence-electron chi connectivity index (χ4n) is 2.88. The molecule has 25 heavy (non-hydrogen) atoms. The molecule has 0 spiro atoms. The minimum absolute atomic E-state index is 0.126. The molecule has 1 unspecified atom stereocenters. The maximum absolute atomic E-state index is 12.1. The predicted octanol–water partition coefficient (Wildman–Crippen LogP) is 2.04. The zero-order valence-electron chi connectivity index (χ0n) is 13.9. The number of furan rings is 1. The normalized spacial score (nSPS) is 18.0. The van der Waals surface area contributed by atoms with Gasteiger partial charge in [-0.25, -0.2) is 0 Å². The predicted molar refractivity (Wildman–Crippen MR) is 95.0 cm³/mol. The lowest BCUT2D eigenvalue weighted by atomic mass is 10.1. The molecule has 1 fully saturated rings. The summed E-state index contributed by atoms with van der Waals surface area (Å²) in [6.07, 6.45) is 0.132. The van der Waals surface area contributed by atoms with Crippen molar-refractivity contribution in [2.45, 2.75) is 19.0 Å². The standard InChI is InChI=1S/C18H20ClN3O3/c1-20-17(23)10-15-18(24)21-8-9-22(15)11-14-6-7-16(25-14)12-2-4-13(19)5-3-12/h2-7,15H,8-11H2,1H3,(H,20,23)(H,21,24). The van der Waals surface area contributed by atoms with Crippen LogP contribution in [0.2, 0.25) is 5.02 Å². The molecule has 2 N–H and O–H groups in total. The molecule has 1 saturated heterocycles. The highest BCUT2D eigenvalue weighted by Gasteiger charge is 2.31. The average Bonchev–Trinajstić information content (AvgIpc) is 3.07. The number of nitrogens with one attached hydrogen (secondary N) is 2. The molecule has 1 aromatic heterocycles. The van der Waals surface area contributed by atoms with E-state index in [-0.39, 0.29) is 18.2 Å². The average molecular weight is 362 g/mol. The van der Waals surface area contributed by atoms with Crippen LogP contribution >= 0.6 is 11.6 Å². The van der Waals surface area contributed by atoms with Gasteiger partial charge in [-0.2, -0.15) is 0 Å². The van der Waals surface area contributed by atoms with Gasteiger partial charge in [0.1, 0.15) is 11.5 Å². The lowest BCUT2D eigenvalue weighted by Gasteiger charge is -2.33. The second kappa shape index (κ2) is 7.72. The summed E-state index contributed by atoms with van der Waals surface area (Å²) >= 11 is 5.91. The van der Waals surface area contributed by atoms with Crippen molar-refractivity contribution in [1.82, 2.24) is 15.5 Å². The van der Waals surface area contributed by atoms with Gasteiger partial charge in [0.05, 0.1) is 19.0 Å². The molecule has 0 radical (unpaired) electrons. The van der Waals surface area contributed by atoms with Gasteiger partial charge in [-0.05, 0) is 36.4 Å². The van der Waals surface area contributed by atoms with Gasteiger partial charge in [0.2, 0.25) is 11.8 Å². The third-order valence-electron chi connectivity index (χ3n) is 4.25. The number of carbonyl (C=O) groups excluding carboxylic acids is 2. The molecule has 3 rings (SSSR count). The number of halogens is 1. The molecule has 1 aliphatic rings. The number of amides is 2. The lowest BCUT2D eigenvalue weighted by Crippen LogP contribution is -2.55. The SMILES string of the molecule is CNC(=O)CC1C(=O)NCCN1Cc1ccc(-c2ccc(Cl)cc2)o1. The highest BCUT2D eigenvalue weighted by molar-refractivity contribution is 6.30. The number of benzene rings is 1. The minimum atomic E-state index is -0.488. The van der Waals surface area contributed by atoms with Crippen LogP contribution in [0.3, 0.4) is 0 Å².